The SMILES string of the molecule is C[PH+](C)CC[PH+](C)C.[CH3-].[CH3-].[Ni+2]. The first-order valence-electron chi connectivity index (χ1n) is 3.21. The molecular formula is C8H24NiP2+2. The van der Waals surface area contributed by atoms with Crippen molar-refractivity contribution < 1.29 is 16.5 Å². The molecule has 0 atom stereocenters. The van der Waals surface area contributed by atoms with Gasteiger partial charge in [0.05, 0.1) is 12.3 Å². The van der Waals surface area contributed by atoms with E-state index in [1.807, 2.05) is 0 Å². The molecule has 74 valence electrons. The van der Waals surface area contributed by atoms with E-state index in [4.69, 9.17) is 0 Å². The van der Waals surface area contributed by atoms with Crippen LogP contribution in [0.2, 0.25) is 0 Å². The average molecular weight is 241 g/mol. The molecule has 0 aliphatic heterocycles. The molecule has 0 radical (unpaired) electrons. The topological polar surface area (TPSA) is 0 Å². The van der Waals surface area contributed by atoms with Gasteiger partial charge in [-0.05, 0) is 15.8 Å². The van der Waals surface area contributed by atoms with Gasteiger partial charge in [0.1, 0.15) is 0 Å². The first-order chi connectivity index (χ1) is 3.63. The van der Waals surface area contributed by atoms with Gasteiger partial charge in [-0.1, -0.05) is 0 Å². The molecule has 0 bridgehead atoms. The first-order valence-corrected chi connectivity index (χ1v) is 8.62. The molecule has 0 unspecified atom stereocenters. The summed E-state index contributed by atoms with van der Waals surface area (Å²) in [5.74, 6) is 0. The zero-order chi connectivity index (χ0) is 6.57. The molecule has 0 aromatic rings. The summed E-state index contributed by atoms with van der Waals surface area (Å²) >= 11 is 0. The van der Waals surface area contributed by atoms with Gasteiger partial charge in [-0.3, -0.25) is 0 Å². The van der Waals surface area contributed by atoms with Crippen molar-refractivity contribution in [1.29, 1.82) is 0 Å². The molecule has 0 nitrogen and oxygen atoms in total. The molecule has 0 spiro atoms. The van der Waals surface area contributed by atoms with Crippen LogP contribution in [-0.2, 0) is 16.5 Å². The van der Waals surface area contributed by atoms with Gasteiger partial charge in [0.2, 0.25) is 0 Å². The van der Waals surface area contributed by atoms with Crippen LogP contribution in [0.1, 0.15) is 0 Å². The van der Waals surface area contributed by atoms with Gasteiger partial charge in [-0.25, -0.2) is 0 Å². The third-order valence-corrected chi connectivity index (χ3v) is 4.12. The summed E-state index contributed by atoms with van der Waals surface area (Å²) in [7, 11) is 0.191. The summed E-state index contributed by atoms with van der Waals surface area (Å²) < 4.78 is 0. The second kappa shape index (κ2) is 13.9. The maximum absolute atomic E-state index is 2.40. The van der Waals surface area contributed by atoms with Gasteiger partial charge < -0.3 is 14.9 Å². The second-order valence-electron chi connectivity index (χ2n) is 2.91. The Kier molecular flexibility index (Phi) is 28.9. The van der Waals surface area contributed by atoms with E-state index in [2.05, 4.69) is 26.7 Å². The molecular weight excluding hydrogens is 217 g/mol. The first kappa shape index (κ1) is 22.8. The molecule has 0 aromatic carbocycles. The molecule has 0 saturated carbocycles. The van der Waals surface area contributed by atoms with Crippen LogP contribution in [0.5, 0.6) is 0 Å². The zero-order valence-electron chi connectivity index (χ0n) is 8.73. The molecule has 0 heterocycles. The molecule has 0 saturated heterocycles. The van der Waals surface area contributed by atoms with E-state index < -0.39 is 0 Å². The molecule has 3 heteroatoms. The predicted molar refractivity (Wildman–Crippen MR) is 62.9 cm³/mol. The molecule has 11 heavy (non-hydrogen) atoms. The zero-order valence-corrected chi connectivity index (χ0v) is 11.7. The monoisotopic (exact) mass is 240 g/mol. The Balaban J connectivity index is -0.0000000817. The van der Waals surface area contributed by atoms with Crippen LogP contribution in [0, 0.1) is 14.9 Å². The van der Waals surface area contributed by atoms with Gasteiger partial charge in [0, 0.05) is 26.7 Å². The maximum Gasteiger partial charge on any atom is 2.00 e. The summed E-state index contributed by atoms with van der Waals surface area (Å²) in [6.45, 7) is 9.59. The van der Waals surface area contributed by atoms with E-state index in [0.29, 0.717) is 0 Å². The third kappa shape index (κ3) is 24.6. The van der Waals surface area contributed by atoms with Crippen molar-refractivity contribution in [2.75, 3.05) is 39.0 Å². The van der Waals surface area contributed by atoms with Crippen LogP contribution in [0.15, 0.2) is 0 Å². The quantitative estimate of drug-likeness (QED) is 0.404. The van der Waals surface area contributed by atoms with Crippen molar-refractivity contribution >= 4 is 15.8 Å². The summed E-state index contributed by atoms with van der Waals surface area (Å²) in [6, 6.07) is 0. The van der Waals surface area contributed by atoms with Crippen LogP contribution >= 0.6 is 15.8 Å². The maximum atomic E-state index is 2.40. The molecule has 0 aliphatic carbocycles. The molecule has 0 rings (SSSR count). The standard InChI is InChI=1S/C6H16P2.2CH3.Ni/c1-7(2)5-6-8(3)4;;;/h5-6H2,1-4H3;2*1H3;/q;2*-1;+2/p+2. The van der Waals surface area contributed by atoms with Crippen molar-refractivity contribution in [3.63, 3.8) is 0 Å². The van der Waals surface area contributed by atoms with Crippen molar-refractivity contribution in [3.05, 3.63) is 14.9 Å². The Morgan fingerprint density at radius 2 is 0.909 bits per heavy atom. The van der Waals surface area contributed by atoms with Crippen molar-refractivity contribution in [2.24, 2.45) is 0 Å². The van der Waals surface area contributed by atoms with Crippen molar-refractivity contribution in [1.82, 2.24) is 0 Å². The second-order valence-corrected chi connectivity index (χ2v) is 8.74. The third-order valence-electron chi connectivity index (χ3n) is 1.12. The number of rotatable bonds is 3. The Labute approximate surface area is 86.4 Å². The van der Waals surface area contributed by atoms with E-state index in [9.17, 15) is 0 Å². The van der Waals surface area contributed by atoms with E-state index in [-0.39, 0.29) is 47.2 Å². The van der Waals surface area contributed by atoms with Crippen LogP contribution in [-0.4, -0.2) is 39.0 Å². The van der Waals surface area contributed by atoms with Gasteiger partial charge in [-0.2, -0.15) is 0 Å². The average Bonchev–Trinajstić information content (AvgIpc) is 1.61. The number of hydrogen-bond donors (Lipinski definition) is 0. The van der Waals surface area contributed by atoms with E-state index in [1.54, 1.807) is 0 Å². The summed E-state index contributed by atoms with van der Waals surface area (Å²) in [4.78, 5) is 0. The fraction of sp³-hybridized carbons (Fsp3) is 0.750. The summed E-state index contributed by atoms with van der Waals surface area (Å²) in [5.41, 5.74) is 0. The minimum Gasteiger partial charge on any atom is -0.358 e. The Morgan fingerprint density at radius 3 is 1.00 bits per heavy atom. The summed E-state index contributed by atoms with van der Waals surface area (Å²) in [5, 5.41) is 0. The molecule has 0 aliphatic rings. The minimum atomic E-state index is 0. The van der Waals surface area contributed by atoms with Gasteiger partial charge >= 0.3 is 16.5 Å². The van der Waals surface area contributed by atoms with Crippen LogP contribution in [0.3, 0.4) is 0 Å². The normalized spacial score (nSPS) is 8.18. The van der Waals surface area contributed by atoms with Crippen molar-refractivity contribution in [3.8, 4) is 0 Å². The van der Waals surface area contributed by atoms with E-state index in [0.717, 1.165) is 0 Å². The smallest absolute Gasteiger partial charge is 0.358 e. The van der Waals surface area contributed by atoms with E-state index >= 15 is 0 Å². The Morgan fingerprint density at radius 1 is 0.727 bits per heavy atom. The molecule has 0 N–H and O–H groups in total. The van der Waals surface area contributed by atoms with Crippen LogP contribution in [0.25, 0.3) is 0 Å². The summed E-state index contributed by atoms with van der Waals surface area (Å²) in [6.07, 6.45) is 3.07. The van der Waals surface area contributed by atoms with Crippen LogP contribution in [0.4, 0.5) is 0 Å². The Hall–Kier alpha value is 1.35. The van der Waals surface area contributed by atoms with Gasteiger partial charge in [0.15, 0.2) is 0 Å². The largest absolute Gasteiger partial charge is 2.00 e. The van der Waals surface area contributed by atoms with Crippen molar-refractivity contribution in [2.45, 2.75) is 0 Å². The van der Waals surface area contributed by atoms with E-state index in [1.165, 1.54) is 12.3 Å². The Bertz CT molecular complexity index is 48.1. The van der Waals surface area contributed by atoms with Crippen LogP contribution < -0.4 is 0 Å². The number of hydrogen-bond acceptors (Lipinski definition) is 0. The molecule has 0 aromatic heterocycles. The molecule has 0 amide bonds. The van der Waals surface area contributed by atoms with Gasteiger partial charge in [-0.15, -0.1) is 0 Å². The predicted octanol–water partition coefficient (Wildman–Crippen LogP) is 2.83. The van der Waals surface area contributed by atoms with Gasteiger partial charge in [0.25, 0.3) is 0 Å². The molecule has 0 fully saturated rings. The fourth-order valence-corrected chi connectivity index (χ4v) is 4.50. The minimum absolute atomic E-state index is 0. The fourth-order valence-electron chi connectivity index (χ4n) is 0.500.